The van der Waals surface area contributed by atoms with Gasteiger partial charge in [-0.15, -0.1) is 0 Å². The molecule has 7 nitrogen and oxygen atoms in total. The fourth-order valence-electron chi connectivity index (χ4n) is 3.44. The number of carbonyl (C=O) groups excluding carboxylic acids is 1. The molecule has 1 heterocycles. The van der Waals surface area contributed by atoms with Gasteiger partial charge in [-0.2, -0.15) is 0 Å². The summed E-state index contributed by atoms with van der Waals surface area (Å²) < 4.78 is 28.4. The first kappa shape index (κ1) is 20.8. The fourth-order valence-corrected chi connectivity index (χ4v) is 4.19. The Labute approximate surface area is 180 Å². The number of nitrogens with zero attached hydrogens (tertiary/aromatic N) is 2. The Hall–Kier alpha value is -3.49. The summed E-state index contributed by atoms with van der Waals surface area (Å²) in [7, 11) is -0.333. The van der Waals surface area contributed by atoms with Crippen LogP contribution in [0.3, 0.4) is 0 Å². The van der Waals surface area contributed by atoms with Crippen molar-refractivity contribution in [1.29, 1.82) is 0 Å². The summed E-state index contributed by atoms with van der Waals surface area (Å²) in [5, 5.41) is 2.83. The van der Waals surface area contributed by atoms with Crippen LogP contribution in [-0.2, 0) is 17.1 Å². The standard InChI is InChI=1S/C23H22N4O3S/c1-15-8-13-18(31(29,30)24-2)14-19(15)23(28)25-17-11-9-16(10-12-17)22-26-20-6-4-5-7-21(20)27(22)3/h4-14,24H,1-3H3,(H,25,28). The molecule has 1 aromatic heterocycles. The molecular weight excluding hydrogens is 412 g/mol. The molecular formula is C23H22N4O3S. The van der Waals surface area contributed by atoms with Gasteiger partial charge in [-0.25, -0.2) is 18.1 Å². The summed E-state index contributed by atoms with van der Waals surface area (Å²) in [6.45, 7) is 1.76. The molecule has 4 rings (SSSR count). The molecule has 0 aliphatic carbocycles. The molecule has 0 saturated carbocycles. The minimum absolute atomic E-state index is 0.0444. The third kappa shape index (κ3) is 3.95. The zero-order valence-electron chi connectivity index (χ0n) is 17.4. The zero-order valence-corrected chi connectivity index (χ0v) is 18.2. The second kappa shape index (κ2) is 7.98. The number of hydrogen-bond acceptors (Lipinski definition) is 4. The van der Waals surface area contributed by atoms with E-state index in [0.29, 0.717) is 16.8 Å². The van der Waals surface area contributed by atoms with E-state index in [2.05, 4.69) is 15.0 Å². The summed E-state index contributed by atoms with van der Waals surface area (Å²) in [4.78, 5) is 17.5. The van der Waals surface area contributed by atoms with Crippen molar-refractivity contribution in [3.8, 4) is 11.4 Å². The molecule has 31 heavy (non-hydrogen) atoms. The number of carbonyl (C=O) groups is 1. The van der Waals surface area contributed by atoms with E-state index in [4.69, 9.17) is 0 Å². The minimum atomic E-state index is -3.63. The summed E-state index contributed by atoms with van der Waals surface area (Å²) in [6.07, 6.45) is 0. The largest absolute Gasteiger partial charge is 0.327 e. The number of sulfonamides is 1. The highest BCUT2D eigenvalue weighted by atomic mass is 32.2. The number of rotatable bonds is 5. The predicted molar refractivity (Wildman–Crippen MR) is 122 cm³/mol. The lowest BCUT2D eigenvalue weighted by atomic mass is 10.1. The maximum absolute atomic E-state index is 12.8. The van der Waals surface area contributed by atoms with E-state index in [9.17, 15) is 13.2 Å². The van der Waals surface area contributed by atoms with Crippen LogP contribution in [0.15, 0.2) is 71.6 Å². The molecule has 3 aromatic carbocycles. The molecule has 2 N–H and O–H groups in total. The number of aryl methyl sites for hydroxylation is 2. The molecule has 0 aliphatic heterocycles. The monoisotopic (exact) mass is 434 g/mol. The van der Waals surface area contributed by atoms with E-state index in [1.54, 1.807) is 25.1 Å². The highest BCUT2D eigenvalue weighted by Gasteiger charge is 2.17. The maximum atomic E-state index is 12.8. The Morgan fingerprint density at radius 1 is 1.00 bits per heavy atom. The highest BCUT2D eigenvalue weighted by Crippen LogP contribution is 2.25. The molecule has 0 spiro atoms. The van der Waals surface area contributed by atoms with Crippen molar-refractivity contribution in [2.45, 2.75) is 11.8 Å². The van der Waals surface area contributed by atoms with Crippen molar-refractivity contribution < 1.29 is 13.2 Å². The van der Waals surface area contributed by atoms with E-state index in [1.165, 1.54) is 19.2 Å². The predicted octanol–water partition coefficient (Wildman–Crippen LogP) is 3.71. The Balaban J connectivity index is 1.59. The molecule has 158 valence electrons. The Bertz CT molecular complexity index is 1390. The summed E-state index contributed by atoms with van der Waals surface area (Å²) in [6, 6.07) is 19.8. The topological polar surface area (TPSA) is 93.1 Å². The molecule has 0 aliphatic rings. The van der Waals surface area contributed by atoms with E-state index in [1.807, 2.05) is 48.0 Å². The third-order valence-corrected chi connectivity index (χ3v) is 6.63. The van der Waals surface area contributed by atoms with Gasteiger partial charge in [0, 0.05) is 23.9 Å². The van der Waals surface area contributed by atoms with Crippen LogP contribution in [0.4, 0.5) is 5.69 Å². The first-order chi connectivity index (χ1) is 14.8. The lowest BCUT2D eigenvalue weighted by molar-refractivity contribution is 0.102. The number of para-hydroxylation sites is 2. The van der Waals surface area contributed by atoms with Gasteiger partial charge >= 0.3 is 0 Å². The molecule has 1 amide bonds. The Morgan fingerprint density at radius 3 is 2.39 bits per heavy atom. The van der Waals surface area contributed by atoms with Gasteiger partial charge in [-0.3, -0.25) is 4.79 Å². The normalized spacial score (nSPS) is 11.6. The number of hydrogen-bond donors (Lipinski definition) is 2. The molecule has 0 bridgehead atoms. The van der Waals surface area contributed by atoms with Crippen LogP contribution in [0.2, 0.25) is 0 Å². The number of nitrogens with one attached hydrogen (secondary N) is 2. The van der Waals surface area contributed by atoms with Gasteiger partial charge in [0.15, 0.2) is 0 Å². The lowest BCUT2D eigenvalue weighted by Gasteiger charge is -2.11. The molecule has 0 saturated heterocycles. The molecule has 0 atom stereocenters. The van der Waals surface area contributed by atoms with Gasteiger partial charge in [-0.05, 0) is 68.1 Å². The van der Waals surface area contributed by atoms with E-state index < -0.39 is 10.0 Å². The maximum Gasteiger partial charge on any atom is 0.255 e. The van der Waals surface area contributed by atoms with Crippen LogP contribution < -0.4 is 10.0 Å². The number of benzene rings is 3. The van der Waals surface area contributed by atoms with Crippen LogP contribution >= 0.6 is 0 Å². The smallest absolute Gasteiger partial charge is 0.255 e. The van der Waals surface area contributed by atoms with E-state index in [0.717, 1.165) is 22.4 Å². The third-order valence-electron chi connectivity index (χ3n) is 5.22. The van der Waals surface area contributed by atoms with Crippen molar-refractivity contribution in [3.63, 3.8) is 0 Å². The van der Waals surface area contributed by atoms with Gasteiger partial charge in [-0.1, -0.05) is 18.2 Å². The molecule has 4 aromatic rings. The fraction of sp³-hybridized carbons (Fsp3) is 0.130. The molecule has 0 radical (unpaired) electrons. The number of amides is 1. The number of imidazole rings is 1. The van der Waals surface area contributed by atoms with Crippen molar-refractivity contribution in [3.05, 3.63) is 77.9 Å². The first-order valence-electron chi connectivity index (χ1n) is 9.67. The van der Waals surface area contributed by atoms with Crippen LogP contribution in [0, 0.1) is 6.92 Å². The van der Waals surface area contributed by atoms with Crippen molar-refractivity contribution in [2.24, 2.45) is 7.05 Å². The summed E-state index contributed by atoms with van der Waals surface area (Å²) in [5.41, 5.74) is 4.48. The summed E-state index contributed by atoms with van der Waals surface area (Å²) in [5.74, 6) is 0.459. The van der Waals surface area contributed by atoms with Gasteiger partial charge in [0.05, 0.1) is 15.9 Å². The Kier molecular flexibility index (Phi) is 5.34. The lowest BCUT2D eigenvalue weighted by Crippen LogP contribution is -2.20. The van der Waals surface area contributed by atoms with Crippen molar-refractivity contribution >= 4 is 32.7 Å². The van der Waals surface area contributed by atoms with Gasteiger partial charge in [0.2, 0.25) is 10.0 Å². The highest BCUT2D eigenvalue weighted by molar-refractivity contribution is 7.89. The van der Waals surface area contributed by atoms with Crippen LogP contribution in [-0.4, -0.2) is 30.9 Å². The van der Waals surface area contributed by atoms with Crippen molar-refractivity contribution in [2.75, 3.05) is 12.4 Å². The second-order valence-electron chi connectivity index (χ2n) is 7.20. The molecule has 0 unspecified atom stereocenters. The van der Waals surface area contributed by atoms with Gasteiger partial charge in [0.25, 0.3) is 5.91 Å². The SMILES string of the molecule is CNS(=O)(=O)c1ccc(C)c(C(=O)Nc2ccc(-c3nc4ccccc4n3C)cc2)c1. The zero-order chi connectivity index (χ0) is 22.2. The number of aromatic nitrogens is 2. The average molecular weight is 435 g/mol. The Morgan fingerprint density at radius 2 is 1.71 bits per heavy atom. The van der Waals surface area contributed by atoms with E-state index >= 15 is 0 Å². The van der Waals surface area contributed by atoms with Crippen molar-refractivity contribution in [1.82, 2.24) is 14.3 Å². The van der Waals surface area contributed by atoms with Gasteiger partial charge < -0.3 is 9.88 Å². The average Bonchev–Trinajstić information content (AvgIpc) is 3.11. The first-order valence-corrected chi connectivity index (χ1v) is 11.2. The quantitative estimate of drug-likeness (QED) is 0.501. The minimum Gasteiger partial charge on any atom is -0.327 e. The molecule has 0 fully saturated rings. The number of anilines is 1. The van der Waals surface area contributed by atoms with Crippen LogP contribution in [0.25, 0.3) is 22.4 Å². The van der Waals surface area contributed by atoms with Gasteiger partial charge in [0.1, 0.15) is 5.82 Å². The molecule has 8 heteroatoms. The van der Waals surface area contributed by atoms with Crippen LogP contribution in [0.5, 0.6) is 0 Å². The number of fused-ring (bicyclic) bond motifs is 1. The van der Waals surface area contributed by atoms with Crippen LogP contribution in [0.1, 0.15) is 15.9 Å². The van der Waals surface area contributed by atoms with E-state index in [-0.39, 0.29) is 10.8 Å². The second-order valence-corrected chi connectivity index (χ2v) is 9.09. The summed E-state index contributed by atoms with van der Waals surface area (Å²) >= 11 is 0.